The zero-order chi connectivity index (χ0) is 14.5. The van der Waals surface area contributed by atoms with Gasteiger partial charge in [-0.3, -0.25) is 0 Å². The Morgan fingerprint density at radius 3 is 2.63 bits per heavy atom. The summed E-state index contributed by atoms with van der Waals surface area (Å²) in [5.41, 5.74) is 1.04. The minimum Gasteiger partial charge on any atom is -0.379 e. The predicted octanol–water partition coefficient (Wildman–Crippen LogP) is 4.29. The Balaban J connectivity index is 2.82. The highest BCUT2D eigenvalue weighted by atomic mass is 127. The second-order valence-corrected chi connectivity index (χ2v) is 6.44. The normalized spacial score (nSPS) is 13.6. The van der Waals surface area contributed by atoms with E-state index in [-0.39, 0.29) is 17.5 Å². The molecular formula is C15H23FINO. The van der Waals surface area contributed by atoms with Gasteiger partial charge in [-0.1, -0.05) is 13.0 Å². The zero-order valence-corrected chi connectivity index (χ0v) is 14.3. The van der Waals surface area contributed by atoms with Gasteiger partial charge in [0, 0.05) is 16.7 Å². The molecule has 108 valence electrons. The highest BCUT2D eigenvalue weighted by molar-refractivity contribution is 14.1. The molecule has 0 saturated heterocycles. The summed E-state index contributed by atoms with van der Waals surface area (Å²) >= 11 is 2.20. The Hall–Kier alpha value is -0.200. The monoisotopic (exact) mass is 379 g/mol. The second-order valence-electron chi connectivity index (χ2n) is 5.28. The molecule has 2 nitrogen and oxygen atoms in total. The first kappa shape index (κ1) is 16.9. The third-order valence-electron chi connectivity index (χ3n) is 3.38. The van der Waals surface area contributed by atoms with Gasteiger partial charge in [0.05, 0.1) is 5.60 Å². The van der Waals surface area contributed by atoms with E-state index >= 15 is 0 Å². The fourth-order valence-electron chi connectivity index (χ4n) is 1.99. The van der Waals surface area contributed by atoms with Crippen LogP contribution in [-0.2, 0) is 4.74 Å². The molecule has 0 amide bonds. The van der Waals surface area contributed by atoms with Gasteiger partial charge in [-0.15, -0.1) is 0 Å². The van der Waals surface area contributed by atoms with Crippen molar-refractivity contribution >= 4 is 22.6 Å². The van der Waals surface area contributed by atoms with Crippen LogP contribution in [0.2, 0.25) is 0 Å². The average Bonchev–Trinajstić information content (AvgIpc) is 2.35. The molecule has 1 unspecified atom stereocenters. The van der Waals surface area contributed by atoms with Crippen LogP contribution in [0.15, 0.2) is 18.2 Å². The Labute approximate surface area is 129 Å². The van der Waals surface area contributed by atoms with Gasteiger partial charge in [0.1, 0.15) is 5.82 Å². The average molecular weight is 379 g/mol. The Morgan fingerprint density at radius 1 is 1.42 bits per heavy atom. The molecular weight excluding hydrogens is 356 g/mol. The van der Waals surface area contributed by atoms with Gasteiger partial charge in [0.2, 0.25) is 0 Å². The van der Waals surface area contributed by atoms with Crippen molar-refractivity contribution in [1.29, 1.82) is 0 Å². The minimum atomic E-state index is -0.180. The lowest BCUT2D eigenvalue weighted by molar-refractivity contribution is 0.0117. The SMILES string of the molecule is CCNC(CCC(C)(C)OC)c1ccc(F)cc1I. The Morgan fingerprint density at radius 2 is 2.11 bits per heavy atom. The number of benzene rings is 1. The van der Waals surface area contributed by atoms with Crippen LogP contribution in [0.4, 0.5) is 4.39 Å². The van der Waals surface area contributed by atoms with Crippen molar-refractivity contribution in [2.24, 2.45) is 0 Å². The van der Waals surface area contributed by atoms with Gasteiger partial charge < -0.3 is 10.1 Å². The Kier molecular flexibility index (Phi) is 6.69. The standard InChI is InChI=1S/C15H23FINO/c1-5-18-14(8-9-15(2,3)19-4)12-7-6-11(16)10-13(12)17/h6-7,10,14,18H,5,8-9H2,1-4H3. The van der Waals surface area contributed by atoms with Gasteiger partial charge >= 0.3 is 0 Å². The maximum Gasteiger partial charge on any atom is 0.124 e. The third-order valence-corrected chi connectivity index (χ3v) is 4.31. The van der Waals surface area contributed by atoms with E-state index in [1.807, 2.05) is 6.07 Å². The molecule has 0 heterocycles. The van der Waals surface area contributed by atoms with E-state index in [2.05, 4.69) is 48.7 Å². The van der Waals surface area contributed by atoms with E-state index in [0.717, 1.165) is 28.5 Å². The largest absolute Gasteiger partial charge is 0.379 e. The molecule has 4 heteroatoms. The third kappa shape index (κ3) is 5.36. The summed E-state index contributed by atoms with van der Waals surface area (Å²) in [6.07, 6.45) is 1.92. The van der Waals surface area contributed by atoms with E-state index in [4.69, 9.17) is 4.74 Å². The molecule has 0 aliphatic rings. The fourth-order valence-corrected chi connectivity index (χ4v) is 2.85. The highest BCUT2D eigenvalue weighted by Crippen LogP contribution is 2.28. The first-order valence-electron chi connectivity index (χ1n) is 6.63. The summed E-state index contributed by atoms with van der Waals surface area (Å²) in [6, 6.07) is 5.24. The molecule has 0 aliphatic heterocycles. The molecule has 0 saturated carbocycles. The molecule has 1 atom stereocenters. The molecule has 1 rings (SSSR count). The minimum absolute atomic E-state index is 0.126. The number of hydrogen-bond donors (Lipinski definition) is 1. The molecule has 0 spiro atoms. The maximum absolute atomic E-state index is 13.2. The van der Waals surface area contributed by atoms with Crippen LogP contribution in [0.1, 0.15) is 45.2 Å². The summed E-state index contributed by atoms with van der Waals surface area (Å²) < 4.78 is 19.6. The second kappa shape index (κ2) is 7.55. The van der Waals surface area contributed by atoms with Crippen molar-refractivity contribution in [1.82, 2.24) is 5.32 Å². The van der Waals surface area contributed by atoms with Crippen molar-refractivity contribution in [3.63, 3.8) is 0 Å². The molecule has 0 aromatic heterocycles. The fraction of sp³-hybridized carbons (Fsp3) is 0.600. The maximum atomic E-state index is 13.2. The van der Waals surface area contributed by atoms with Crippen LogP contribution < -0.4 is 5.32 Å². The number of methoxy groups -OCH3 is 1. The molecule has 0 aliphatic carbocycles. The van der Waals surface area contributed by atoms with E-state index < -0.39 is 0 Å². The van der Waals surface area contributed by atoms with Crippen molar-refractivity contribution in [2.75, 3.05) is 13.7 Å². The van der Waals surface area contributed by atoms with E-state index in [1.54, 1.807) is 13.2 Å². The van der Waals surface area contributed by atoms with Crippen LogP contribution in [-0.4, -0.2) is 19.3 Å². The molecule has 0 fully saturated rings. The van der Waals surface area contributed by atoms with Crippen LogP contribution >= 0.6 is 22.6 Å². The first-order valence-corrected chi connectivity index (χ1v) is 7.71. The zero-order valence-electron chi connectivity index (χ0n) is 12.1. The number of rotatable bonds is 7. The van der Waals surface area contributed by atoms with E-state index in [9.17, 15) is 4.39 Å². The smallest absolute Gasteiger partial charge is 0.124 e. The first-order chi connectivity index (χ1) is 8.89. The van der Waals surface area contributed by atoms with Crippen LogP contribution in [0.3, 0.4) is 0 Å². The van der Waals surface area contributed by atoms with Crippen LogP contribution in [0.25, 0.3) is 0 Å². The van der Waals surface area contributed by atoms with Crippen molar-refractivity contribution in [2.45, 2.75) is 45.3 Å². The van der Waals surface area contributed by atoms with Crippen molar-refractivity contribution in [3.8, 4) is 0 Å². The molecule has 0 radical (unpaired) electrons. The molecule has 1 aromatic carbocycles. The predicted molar refractivity (Wildman–Crippen MR) is 85.9 cm³/mol. The lowest BCUT2D eigenvalue weighted by Gasteiger charge is -2.27. The highest BCUT2D eigenvalue weighted by Gasteiger charge is 2.21. The van der Waals surface area contributed by atoms with Gasteiger partial charge in [-0.25, -0.2) is 4.39 Å². The topological polar surface area (TPSA) is 21.3 Å². The number of nitrogens with one attached hydrogen (secondary N) is 1. The number of halogens is 2. The summed E-state index contributed by atoms with van der Waals surface area (Å²) in [5, 5.41) is 3.47. The number of hydrogen-bond acceptors (Lipinski definition) is 2. The van der Waals surface area contributed by atoms with Crippen molar-refractivity contribution < 1.29 is 9.13 Å². The molecule has 19 heavy (non-hydrogen) atoms. The summed E-state index contributed by atoms with van der Waals surface area (Å²) in [5.74, 6) is -0.180. The Bertz CT molecular complexity index is 409. The van der Waals surface area contributed by atoms with Crippen molar-refractivity contribution in [3.05, 3.63) is 33.1 Å². The van der Waals surface area contributed by atoms with Crippen LogP contribution in [0, 0.1) is 9.39 Å². The number of ether oxygens (including phenoxy) is 1. The van der Waals surface area contributed by atoms with E-state index in [0.29, 0.717) is 0 Å². The molecule has 1 N–H and O–H groups in total. The lowest BCUT2D eigenvalue weighted by Crippen LogP contribution is -2.27. The lowest BCUT2D eigenvalue weighted by atomic mass is 9.95. The van der Waals surface area contributed by atoms with Crippen LogP contribution in [0.5, 0.6) is 0 Å². The quantitative estimate of drug-likeness (QED) is 0.714. The van der Waals surface area contributed by atoms with E-state index in [1.165, 1.54) is 6.07 Å². The van der Waals surface area contributed by atoms with Gasteiger partial charge in [-0.2, -0.15) is 0 Å². The molecule has 1 aromatic rings. The van der Waals surface area contributed by atoms with Gasteiger partial charge in [-0.05, 0) is 73.5 Å². The summed E-state index contributed by atoms with van der Waals surface area (Å²) in [7, 11) is 1.74. The van der Waals surface area contributed by atoms with Gasteiger partial charge in [0.25, 0.3) is 0 Å². The molecule has 0 bridgehead atoms. The summed E-state index contributed by atoms with van der Waals surface area (Å²) in [6.45, 7) is 7.16. The summed E-state index contributed by atoms with van der Waals surface area (Å²) in [4.78, 5) is 0. The van der Waals surface area contributed by atoms with Gasteiger partial charge in [0.15, 0.2) is 0 Å².